The highest BCUT2D eigenvalue weighted by molar-refractivity contribution is 5.87. The predicted molar refractivity (Wildman–Crippen MR) is 101 cm³/mol. The molecule has 1 amide bonds. The van der Waals surface area contributed by atoms with Crippen LogP contribution in [0.3, 0.4) is 0 Å². The largest absolute Gasteiger partial charge is 0.325 e. The van der Waals surface area contributed by atoms with E-state index in [4.69, 9.17) is 0 Å². The molecule has 2 heterocycles. The van der Waals surface area contributed by atoms with Crippen LogP contribution >= 0.6 is 12.4 Å². The molecule has 2 aliphatic heterocycles. The zero-order valence-corrected chi connectivity index (χ0v) is 14.8. The highest BCUT2D eigenvalue weighted by atomic mass is 35.5. The zero-order valence-electron chi connectivity index (χ0n) is 14.0. The van der Waals surface area contributed by atoms with Crippen molar-refractivity contribution in [3.63, 3.8) is 0 Å². The van der Waals surface area contributed by atoms with Crippen molar-refractivity contribution >= 4 is 29.1 Å². The van der Waals surface area contributed by atoms with Crippen LogP contribution in [0, 0.1) is 11.3 Å². The number of nitrogens with zero attached hydrogens (tertiary/aromatic N) is 2. The summed E-state index contributed by atoms with van der Waals surface area (Å²) in [5, 5.41) is 15.1. The summed E-state index contributed by atoms with van der Waals surface area (Å²) in [7, 11) is 0. The number of benzene rings is 2. The molecule has 0 spiro atoms. The normalized spacial score (nSPS) is 25.6. The van der Waals surface area contributed by atoms with Gasteiger partial charge in [0.15, 0.2) is 0 Å². The first kappa shape index (κ1) is 17.7. The summed E-state index contributed by atoms with van der Waals surface area (Å²) in [5.41, 5.74) is 1.31. The molecule has 2 fully saturated rings. The molecule has 2 aromatic rings. The average Bonchev–Trinajstić information content (AvgIpc) is 3.30. The van der Waals surface area contributed by atoms with Crippen LogP contribution in [0.5, 0.6) is 0 Å². The van der Waals surface area contributed by atoms with E-state index in [1.807, 2.05) is 0 Å². The Kier molecular flexibility index (Phi) is 5.27. The van der Waals surface area contributed by atoms with Gasteiger partial charge in [0.05, 0.1) is 12.1 Å². The molecule has 2 saturated heterocycles. The van der Waals surface area contributed by atoms with Gasteiger partial charge in [-0.05, 0) is 41.5 Å². The van der Waals surface area contributed by atoms with Crippen LogP contribution in [-0.2, 0) is 4.79 Å². The van der Waals surface area contributed by atoms with E-state index in [0.717, 1.165) is 25.8 Å². The first-order valence-corrected chi connectivity index (χ1v) is 8.69. The number of hydrogen-bond acceptors (Lipinski definition) is 3. The van der Waals surface area contributed by atoms with Gasteiger partial charge in [-0.2, -0.15) is 5.26 Å². The van der Waals surface area contributed by atoms with Gasteiger partial charge in [0, 0.05) is 13.1 Å². The minimum absolute atomic E-state index is 0. The molecule has 1 N–H and O–H groups in total. The Morgan fingerprint density at radius 2 is 2.00 bits per heavy atom. The summed E-state index contributed by atoms with van der Waals surface area (Å²) < 4.78 is 0. The summed E-state index contributed by atoms with van der Waals surface area (Å²) in [6.45, 7) is 1.53. The van der Waals surface area contributed by atoms with Gasteiger partial charge in [0.25, 0.3) is 0 Å². The summed E-state index contributed by atoms with van der Waals surface area (Å²) in [6, 6.07) is 16.7. The molecule has 25 heavy (non-hydrogen) atoms. The Labute approximate surface area is 154 Å². The second kappa shape index (κ2) is 7.43. The number of carbonyl (C=O) groups excluding carboxylic acids is 1. The standard InChI is InChI=1S/C20H21N3O.ClH/c21-12-16-7-4-10-23(16)20(24)19-11-15(13-22-19)18-9-3-6-14-5-1-2-8-17(14)18;/h1-3,5-6,8-9,15-16,19,22H,4,7,10-11,13H2;1H/t15-,16-,19-;/m0./s1. The fraction of sp³-hybridized carbons (Fsp3) is 0.400. The van der Waals surface area contributed by atoms with Gasteiger partial charge in [-0.25, -0.2) is 0 Å². The molecule has 130 valence electrons. The van der Waals surface area contributed by atoms with Crippen LogP contribution in [0.2, 0.25) is 0 Å². The van der Waals surface area contributed by atoms with Crippen molar-refractivity contribution in [1.29, 1.82) is 5.26 Å². The first-order chi connectivity index (χ1) is 11.8. The molecule has 3 atom stereocenters. The van der Waals surface area contributed by atoms with Gasteiger partial charge in [0.2, 0.25) is 5.91 Å². The van der Waals surface area contributed by atoms with E-state index < -0.39 is 0 Å². The molecule has 0 saturated carbocycles. The van der Waals surface area contributed by atoms with Gasteiger partial charge < -0.3 is 10.2 Å². The lowest BCUT2D eigenvalue weighted by molar-refractivity contribution is -0.133. The van der Waals surface area contributed by atoms with E-state index in [1.165, 1.54) is 16.3 Å². The number of halogens is 1. The topological polar surface area (TPSA) is 56.1 Å². The fourth-order valence-corrected chi connectivity index (χ4v) is 4.13. The van der Waals surface area contributed by atoms with E-state index in [0.29, 0.717) is 12.5 Å². The van der Waals surface area contributed by atoms with Crippen LogP contribution in [0.25, 0.3) is 10.8 Å². The number of rotatable bonds is 2. The number of nitriles is 1. The lowest BCUT2D eigenvalue weighted by atomic mass is 9.91. The van der Waals surface area contributed by atoms with Crippen LogP contribution < -0.4 is 5.32 Å². The van der Waals surface area contributed by atoms with Gasteiger partial charge >= 0.3 is 0 Å². The molecule has 0 unspecified atom stereocenters. The Morgan fingerprint density at radius 3 is 2.84 bits per heavy atom. The third-order valence-corrected chi connectivity index (χ3v) is 5.38. The smallest absolute Gasteiger partial charge is 0.240 e. The predicted octanol–water partition coefficient (Wildman–Crippen LogP) is 3.22. The second-order valence-corrected chi connectivity index (χ2v) is 6.78. The summed E-state index contributed by atoms with van der Waals surface area (Å²) in [5.74, 6) is 0.440. The van der Waals surface area contributed by atoms with Gasteiger partial charge in [0.1, 0.15) is 6.04 Å². The Morgan fingerprint density at radius 1 is 1.20 bits per heavy atom. The zero-order chi connectivity index (χ0) is 16.5. The first-order valence-electron chi connectivity index (χ1n) is 8.69. The molecule has 4 nitrogen and oxygen atoms in total. The maximum absolute atomic E-state index is 12.8. The number of likely N-dealkylation sites (tertiary alicyclic amines) is 1. The summed E-state index contributed by atoms with van der Waals surface area (Å²) in [6.07, 6.45) is 2.55. The molecule has 0 aliphatic carbocycles. The highest BCUT2D eigenvalue weighted by Crippen LogP contribution is 2.32. The molecular formula is C20H22ClN3O. The molecule has 0 aromatic heterocycles. The average molecular weight is 356 g/mol. The Bertz CT molecular complexity index is 811. The molecule has 5 heteroatoms. The Balaban J connectivity index is 0.00000182. The van der Waals surface area contributed by atoms with Gasteiger partial charge in [-0.1, -0.05) is 42.5 Å². The van der Waals surface area contributed by atoms with Crippen molar-refractivity contribution in [2.45, 2.75) is 37.3 Å². The monoisotopic (exact) mass is 355 g/mol. The van der Waals surface area contributed by atoms with Crippen LogP contribution in [0.1, 0.15) is 30.7 Å². The van der Waals surface area contributed by atoms with E-state index >= 15 is 0 Å². The van der Waals surface area contributed by atoms with Crippen LogP contribution in [0.15, 0.2) is 42.5 Å². The van der Waals surface area contributed by atoms with Crippen LogP contribution in [-0.4, -0.2) is 36.0 Å². The fourth-order valence-electron chi connectivity index (χ4n) is 4.13. The number of nitrogens with one attached hydrogen (secondary N) is 1. The van der Waals surface area contributed by atoms with E-state index in [1.54, 1.807) is 4.90 Å². The summed E-state index contributed by atoms with van der Waals surface area (Å²) >= 11 is 0. The van der Waals surface area contributed by atoms with Crippen LogP contribution in [0.4, 0.5) is 0 Å². The number of carbonyl (C=O) groups is 1. The number of amides is 1. The number of fused-ring (bicyclic) bond motifs is 1. The van der Waals surface area contributed by atoms with Crippen molar-refractivity contribution in [2.24, 2.45) is 0 Å². The third kappa shape index (κ3) is 3.22. The molecule has 4 rings (SSSR count). The summed E-state index contributed by atoms with van der Waals surface area (Å²) in [4.78, 5) is 14.5. The maximum Gasteiger partial charge on any atom is 0.240 e. The number of hydrogen-bond donors (Lipinski definition) is 1. The second-order valence-electron chi connectivity index (χ2n) is 6.78. The van der Waals surface area contributed by atoms with E-state index in [2.05, 4.69) is 53.9 Å². The lowest BCUT2D eigenvalue weighted by Gasteiger charge is -2.23. The third-order valence-electron chi connectivity index (χ3n) is 5.38. The SMILES string of the molecule is Cl.N#C[C@@H]1CCCN1C(=O)[C@@H]1C[C@H](c2cccc3ccccc23)CN1. The molecule has 0 bridgehead atoms. The minimum atomic E-state index is -0.240. The maximum atomic E-state index is 12.8. The van der Waals surface area contributed by atoms with E-state index in [-0.39, 0.29) is 30.4 Å². The van der Waals surface area contributed by atoms with Gasteiger partial charge in [-0.15, -0.1) is 12.4 Å². The molecule has 2 aliphatic rings. The van der Waals surface area contributed by atoms with Crippen molar-refractivity contribution in [3.8, 4) is 6.07 Å². The lowest BCUT2D eigenvalue weighted by Crippen LogP contribution is -2.45. The Hall–Kier alpha value is -2.09. The quantitative estimate of drug-likeness (QED) is 0.899. The molecular weight excluding hydrogens is 334 g/mol. The highest BCUT2D eigenvalue weighted by Gasteiger charge is 2.37. The van der Waals surface area contributed by atoms with E-state index in [9.17, 15) is 10.1 Å². The van der Waals surface area contributed by atoms with Crippen molar-refractivity contribution < 1.29 is 4.79 Å². The van der Waals surface area contributed by atoms with Crippen molar-refractivity contribution in [3.05, 3.63) is 48.0 Å². The van der Waals surface area contributed by atoms with Gasteiger partial charge in [-0.3, -0.25) is 4.79 Å². The van der Waals surface area contributed by atoms with Crippen molar-refractivity contribution in [1.82, 2.24) is 10.2 Å². The molecule has 2 aromatic carbocycles. The minimum Gasteiger partial charge on any atom is -0.325 e. The molecule has 0 radical (unpaired) electrons. The van der Waals surface area contributed by atoms with Crippen molar-refractivity contribution in [2.75, 3.05) is 13.1 Å².